The molecule has 18 nitrogen and oxygen atoms in total. The van der Waals surface area contributed by atoms with Crippen molar-refractivity contribution in [1.82, 2.24) is 0 Å². The Morgan fingerprint density at radius 1 is 0.423 bits per heavy atom. The normalized spacial score (nSPS) is 12.6. The second-order valence-corrected chi connectivity index (χ2v) is 23.6. The monoisotopic (exact) mass is 1020 g/mol. The lowest BCUT2D eigenvalue weighted by Gasteiger charge is -2.30. The number of rotatable bonds is 34. The van der Waals surface area contributed by atoms with Crippen molar-refractivity contribution in [2.24, 2.45) is 22.2 Å². The molecule has 0 bridgehead atoms. The minimum absolute atomic E-state index is 0.00263. The number of aliphatic carboxylic acids is 4. The number of ether oxygens (including phenoxy) is 2. The summed E-state index contributed by atoms with van der Waals surface area (Å²) in [6, 6.07) is 0. The largest absolute Gasteiger partial charge is 0.544 e. The van der Waals surface area contributed by atoms with E-state index in [9.17, 15) is 58.8 Å². The van der Waals surface area contributed by atoms with Crippen molar-refractivity contribution in [2.45, 2.75) is 153 Å². The number of carboxylic acid groups (broad SMARTS) is 4. The smallest absolute Gasteiger partial charge is 0.311 e. The second kappa shape index (κ2) is 35.2. The summed E-state index contributed by atoms with van der Waals surface area (Å²) in [6.45, 7) is 24.5. The maximum atomic E-state index is 11.9. The van der Waals surface area contributed by atoms with E-state index in [1.165, 1.54) is 0 Å². The zero-order valence-electron chi connectivity index (χ0n) is 48.1. The van der Waals surface area contributed by atoms with Crippen molar-refractivity contribution in [1.29, 1.82) is 0 Å². The third kappa shape index (κ3) is 41.2. The standard InChI is InChI=1S/C14H27NO4.C14H27NO3.C13H25NO3.C12H23NO4/c1-6-14(2,3)13(18)19-10-8-7-9-15(4,5)11-12(16)17;1-6-14(2,3)12(16)9-7-8-10-15(4,5)11-13(17)18;1-5-11(2)12(15)8-6-7-9-14(3,4)10-13(16)17;1-6-12(2,3)11(16)17-8-7-13(4,5)9-10(14)15/h6-11H2,1-5H3;6-11H2,1-5H3;11H,5-10H2,1-4H3;6-9H2,1-5H3. The molecule has 0 heterocycles. The first kappa shape index (κ1) is 73.5. The van der Waals surface area contributed by atoms with E-state index in [1.807, 2.05) is 118 Å². The molecule has 0 aromatic carbocycles. The maximum Gasteiger partial charge on any atom is 0.311 e. The number of hydrogen-bond donors (Lipinski definition) is 0. The molecule has 0 spiro atoms. The number of carbonyl (C=O) groups excluding carboxylic acids is 8. The van der Waals surface area contributed by atoms with Gasteiger partial charge in [0, 0.05) is 24.2 Å². The lowest BCUT2D eigenvalue weighted by Crippen LogP contribution is -2.50. The molecule has 71 heavy (non-hydrogen) atoms. The molecule has 0 fully saturated rings. The highest BCUT2D eigenvalue weighted by Crippen LogP contribution is 2.24. The molecule has 0 amide bonds. The molecule has 0 aliphatic heterocycles. The quantitative estimate of drug-likeness (QED) is 0.0508. The van der Waals surface area contributed by atoms with Gasteiger partial charge in [0.1, 0.15) is 50.9 Å². The summed E-state index contributed by atoms with van der Waals surface area (Å²) in [5, 5.41) is 42.1. The Bertz CT molecular complexity index is 1620. The topological polar surface area (TPSA) is 247 Å². The minimum Gasteiger partial charge on any atom is -0.544 e. The van der Waals surface area contributed by atoms with Crippen LogP contribution in [0.1, 0.15) is 153 Å². The molecule has 0 saturated heterocycles. The van der Waals surface area contributed by atoms with Crippen LogP contribution in [-0.4, -0.2) is 187 Å². The number of carboxylic acids is 4. The Morgan fingerprint density at radius 3 is 1.03 bits per heavy atom. The van der Waals surface area contributed by atoms with Gasteiger partial charge in [-0.25, -0.2) is 0 Å². The first-order valence-electron chi connectivity index (χ1n) is 25.6. The third-order valence-electron chi connectivity index (χ3n) is 13.1. The van der Waals surface area contributed by atoms with Gasteiger partial charge < -0.3 is 67.0 Å². The summed E-state index contributed by atoms with van der Waals surface area (Å²) in [5.41, 5.74) is -1.13. The first-order valence-corrected chi connectivity index (χ1v) is 25.6. The highest BCUT2D eigenvalue weighted by atomic mass is 16.5. The van der Waals surface area contributed by atoms with Crippen LogP contribution in [0, 0.1) is 22.2 Å². The van der Waals surface area contributed by atoms with Crippen molar-refractivity contribution >= 4 is 47.4 Å². The Hall–Kier alpha value is -4.00. The van der Waals surface area contributed by atoms with Crippen LogP contribution < -0.4 is 20.4 Å². The molecule has 0 radical (unpaired) electrons. The van der Waals surface area contributed by atoms with E-state index >= 15 is 0 Å². The van der Waals surface area contributed by atoms with Crippen LogP contribution in [0.4, 0.5) is 0 Å². The van der Waals surface area contributed by atoms with Gasteiger partial charge in [0.05, 0.1) is 117 Å². The molecular weight excluding hydrogens is 917 g/mol. The van der Waals surface area contributed by atoms with Crippen LogP contribution in [0.3, 0.4) is 0 Å². The SMILES string of the molecule is CCC(C)(C)C(=O)CCCC[N+](C)(C)CC(=O)[O-].CCC(C)(C)C(=O)OCCCC[N+](C)(C)CC(=O)[O-].CCC(C)(C)C(=O)OCC[N+](C)(C)CC(=O)[O-].CCC(C)C(=O)CCCC[N+](C)(C)CC(=O)[O-]. The van der Waals surface area contributed by atoms with Crippen LogP contribution >= 0.6 is 0 Å². The molecule has 0 N–H and O–H groups in total. The Balaban J connectivity index is -0.000000422. The Morgan fingerprint density at radius 2 is 0.718 bits per heavy atom. The van der Waals surface area contributed by atoms with Crippen LogP contribution in [-0.2, 0) is 47.8 Å². The number of esters is 2. The van der Waals surface area contributed by atoms with E-state index in [0.29, 0.717) is 57.4 Å². The molecular formula is C53H102N4O14. The summed E-state index contributed by atoms with van der Waals surface area (Å²) in [5.74, 6) is -3.83. The van der Waals surface area contributed by atoms with Gasteiger partial charge in [-0.3, -0.25) is 19.2 Å². The Kier molecular flexibility index (Phi) is 36.5. The number of quaternary nitrogens is 4. The van der Waals surface area contributed by atoms with Crippen LogP contribution in [0.25, 0.3) is 0 Å². The van der Waals surface area contributed by atoms with Gasteiger partial charge >= 0.3 is 11.9 Å². The molecule has 0 saturated carbocycles. The molecule has 0 aliphatic rings. The second-order valence-electron chi connectivity index (χ2n) is 23.6. The molecule has 18 heteroatoms. The van der Waals surface area contributed by atoms with Gasteiger partial charge in [-0.1, -0.05) is 48.5 Å². The lowest BCUT2D eigenvalue weighted by atomic mass is 9.83. The Labute approximate surface area is 429 Å². The summed E-state index contributed by atoms with van der Waals surface area (Å²) in [7, 11) is 14.7. The minimum atomic E-state index is -1.10. The van der Waals surface area contributed by atoms with Gasteiger partial charge in [-0.2, -0.15) is 0 Å². The van der Waals surface area contributed by atoms with Crippen molar-refractivity contribution in [2.75, 3.05) is 122 Å². The predicted molar refractivity (Wildman–Crippen MR) is 268 cm³/mol. The average molecular weight is 1020 g/mol. The summed E-state index contributed by atoms with van der Waals surface area (Å²) in [4.78, 5) is 88.9. The summed E-state index contributed by atoms with van der Waals surface area (Å²) in [6.07, 6.45) is 9.41. The van der Waals surface area contributed by atoms with Crippen molar-refractivity contribution in [3.63, 3.8) is 0 Å². The lowest BCUT2D eigenvalue weighted by molar-refractivity contribution is -0.885. The number of unbranched alkanes of at least 4 members (excludes halogenated alkanes) is 3. The van der Waals surface area contributed by atoms with Crippen LogP contribution in [0.5, 0.6) is 0 Å². The highest BCUT2D eigenvalue weighted by Gasteiger charge is 2.29. The third-order valence-corrected chi connectivity index (χ3v) is 13.1. The van der Waals surface area contributed by atoms with E-state index in [1.54, 1.807) is 14.1 Å². The van der Waals surface area contributed by atoms with Gasteiger partial charge in [0.15, 0.2) is 0 Å². The molecule has 0 aromatic heterocycles. The molecule has 1 atom stereocenters. The van der Waals surface area contributed by atoms with Crippen LogP contribution in [0.2, 0.25) is 0 Å². The summed E-state index contributed by atoms with van der Waals surface area (Å²) < 4.78 is 11.8. The van der Waals surface area contributed by atoms with Gasteiger partial charge in [0.25, 0.3) is 0 Å². The number of likely N-dealkylation sites (N-methyl/N-ethyl adjacent to an activating group) is 4. The number of nitrogens with zero attached hydrogens (tertiary/aromatic N) is 4. The molecule has 0 aromatic rings. The summed E-state index contributed by atoms with van der Waals surface area (Å²) >= 11 is 0. The van der Waals surface area contributed by atoms with E-state index < -0.39 is 34.7 Å². The highest BCUT2D eigenvalue weighted by molar-refractivity contribution is 5.84. The van der Waals surface area contributed by atoms with Gasteiger partial charge in [0.2, 0.25) is 0 Å². The number of ketones is 2. The van der Waals surface area contributed by atoms with E-state index in [0.717, 1.165) is 77.4 Å². The maximum absolute atomic E-state index is 11.9. The molecule has 1 unspecified atom stereocenters. The van der Waals surface area contributed by atoms with E-state index in [2.05, 4.69) is 0 Å². The molecule has 0 rings (SSSR count). The van der Waals surface area contributed by atoms with Crippen LogP contribution in [0.15, 0.2) is 0 Å². The number of Topliss-reactive ketones (excluding diaryl/α,β-unsaturated/α-hetero) is 2. The average Bonchev–Trinajstić information content (AvgIpc) is 3.21. The van der Waals surface area contributed by atoms with Gasteiger partial charge in [-0.05, 0) is 91.9 Å². The zero-order valence-corrected chi connectivity index (χ0v) is 48.1. The van der Waals surface area contributed by atoms with E-state index in [4.69, 9.17) is 9.47 Å². The van der Waals surface area contributed by atoms with E-state index in [-0.39, 0.29) is 60.5 Å². The molecule has 418 valence electrons. The fraction of sp³-hybridized carbons (Fsp3) is 0.849. The van der Waals surface area contributed by atoms with Crippen molar-refractivity contribution in [3.05, 3.63) is 0 Å². The fourth-order valence-electron chi connectivity index (χ4n) is 6.26. The predicted octanol–water partition coefficient (Wildman–Crippen LogP) is 1.95. The number of carbonyl (C=O) groups is 8. The molecule has 0 aliphatic carbocycles. The van der Waals surface area contributed by atoms with Gasteiger partial charge in [-0.15, -0.1) is 0 Å². The zero-order chi connectivity index (χ0) is 56.7. The first-order chi connectivity index (χ1) is 32.1. The van der Waals surface area contributed by atoms with Crippen molar-refractivity contribution < 1.29 is 86.2 Å². The van der Waals surface area contributed by atoms with Crippen molar-refractivity contribution in [3.8, 4) is 0 Å². The fourth-order valence-corrected chi connectivity index (χ4v) is 6.26. The number of hydrogen-bond acceptors (Lipinski definition) is 14.